The van der Waals surface area contributed by atoms with Gasteiger partial charge in [0.05, 0.1) is 17.7 Å². The summed E-state index contributed by atoms with van der Waals surface area (Å²) in [7, 11) is -3.21. The number of carbonyl (C=O) groups is 1. The van der Waals surface area contributed by atoms with E-state index in [0.29, 0.717) is 12.1 Å². The molecule has 0 aliphatic rings. The maximum absolute atomic E-state index is 13.3. The van der Waals surface area contributed by atoms with Gasteiger partial charge in [0.2, 0.25) is 10.0 Å². The Hall–Kier alpha value is -2.37. The maximum atomic E-state index is 13.3. The third-order valence-corrected chi connectivity index (χ3v) is 5.47. The highest BCUT2D eigenvalue weighted by molar-refractivity contribution is 7.89. The van der Waals surface area contributed by atoms with E-state index < -0.39 is 56.6 Å². The molecule has 0 spiro atoms. The van der Waals surface area contributed by atoms with Gasteiger partial charge in [0, 0.05) is 5.56 Å². The molecule has 2 aromatic rings. The van der Waals surface area contributed by atoms with Crippen molar-refractivity contribution >= 4 is 27.6 Å². The van der Waals surface area contributed by atoms with Crippen LogP contribution in [-0.2, 0) is 32.3 Å². The SMILES string of the molecule is COc1ccc(F)cc1COC(=O)CNS(=O)(=O)c1cc(C(F)(F)F)ccc1Cl. The number of hydrogen-bond acceptors (Lipinski definition) is 5. The van der Waals surface area contributed by atoms with Gasteiger partial charge in [0.15, 0.2) is 0 Å². The summed E-state index contributed by atoms with van der Waals surface area (Å²) in [6.07, 6.45) is -4.78. The summed E-state index contributed by atoms with van der Waals surface area (Å²) in [6, 6.07) is 5.29. The Morgan fingerprint density at radius 1 is 1.17 bits per heavy atom. The Balaban J connectivity index is 2.06. The summed E-state index contributed by atoms with van der Waals surface area (Å²) < 4.78 is 87.7. The molecule has 29 heavy (non-hydrogen) atoms. The van der Waals surface area contributed by atoms with E-state index in [0.717, 1.165) is 18.2 Å². The fourth-order valence-electron chi connectivity index (χ4n) is 2.19. The van der Waals surface area contributed by atoms with Crippen molar-refractivity contribution in [3.8, 4) is 5.75 Å². The van der Waals surface area contributed by atoms with Gasteiger partial charge in [-0.1, -0.05) is 11.6 Å². The van der Waals surface area contributed by atoms with E-state index in [1.807, 2.05) is 4.72 Å². The Bertz CT molecular complexity index is 1010. The van der Waals surface area contributed by atoms with Crippen LogP contribution in [-0.4, -0.2) is 28.0 Å². The number of halogens is 5. The van der Waals surface area contributed by atoms with E-state index in [4.69, 9.17) is 21.1 Å². The molecule has 0 bridgehead atoms. The molecule has 2 rings (SSSR count). The monoisotopic (exact) mass is 455 g/mol. The van der Waals surface area contributed by atoms with Crippen molar-refractivity contribution in [1.82, 2.24) is 4.72 Å². The number of sulfonamides is 1. The molecule has 0 heterocycles. The lowest BCUT2D eigenvalue weighted by Gasteiger charge is -2.12. The minimum Gasteiger partial charge on any atom is -0.496 e. The summed E-state index contributed by atoms with van der Waals surface area (Å²) in [6.45, 7) is -1.29. The number of hydrogen-bond donors (Lipinski definition) is 1. The first kappa shape index (κ1) is 22.9. The predicted molar refractivity (Wildman–Crippen MR) is 94.4 cm³/mol. The Labute approximate surface area is 168 Å². The Morgan fingerprint density at radius 3 is 2.48 bits per heavy atom. The minimum absolute atomic E-state index is 0.199. The molecule has 0 saturated carbocycles. The highest BCUT2D eigenvalue weighted by Crippen LogP contribution is 2.33. The standard InChI is InChI=1S/C17H14ClF4NO5S/c1-27-14-5-3-12(19)6-10(14)9-28-16(24)8-23-29(25,26)15-7-11(17(20,21)22)2-4-13(15)18/h2-7,23H,8-9H2,1H3. The molecule has 158 valence electrons. The van der Waals surface area contributed by atoms with Crippen molar-refractivity contribution < 1.29 is 40.2 Å². The normalized spacial score (nSPS) is 11.9. The number of benzene rings is 2. The highest BCUT2D eigenvalue weighted by Gasteiger charge is 2.32. The van der Waals surface area contributed by atoms with Crippen molar-refractivity contribution in [3.05, 3.63) is 58.4 Å². The van der Waals surface area contributed by atoms with Crippen LogP contribution in [0.2, 0.25) is 5.02 Å². The molecule has 0 saturated heterocycles. The number of esters is 1. The predicted octanol–water partition coefficient (Wildman–Crippen LogP) is 3.53. The molecule has 0 aliphatic carbocycles. The first-order valence-corrected chi connectivity index (χ1v) is 9.64. The van der Waals surface area contributed by atoms with Crippen molar-refractivity contribution in [3.63, 3.8) is 0 Å². The molecule has 0 unspecified atom stereocenters. The zero-order chi connectivity index (χ0) is 21.8. The van der Waals surface area contributed by atoms with Crippen LogP contribution in [0.15, 0.2) is 41.3 Å². The van der Waals surface area contributed by atoms with Crippen molar-refractivity contribution in [2.75, 3.05) is 13.7 Å². The lowest BCUT2D eigenvalue weighted by molar-refractivity contribution is -0.143. The smallest absolute Gasteiger partial charge is 0.416 e. The molecule has 0 aromatic heterocycles. The average Bonchev–Trinajstić information content (AvgIpc) is 2.64. The number of methoxy groups -OCH3 is 1. The number of ether oxygens (including phenoxy) is 2. The summed E-state index contributed by atoms with van der Waals surface area (Å²) in [4.78, 5) is 11.0. The Morgan fingerprint density at radius 2 is 1.86 bits per heavy atom. The average molecular weight is 456 g/mol. The number of alkyl halides is 3. The van der Waals surface area contributed by atoms with Crippen molar-refractivity contribution in [2.45, 2.75) is 17.7 Å². The van der Waals surface area contributed by atoms with Crippen LogP contribution >= 0.6 is 11.6 Å². The van der Waals surface area contributed by atoms with Crippen LogP contribution in [0, 0.1) is 5.82 Å². The summed E-state index contributed by atoms with van der Waals surface area (Å²) in [5.74, 6) is -1.41. The Kier molecular flexibility index (Phi) is 7.09. The minimum atomic E-state index is -4.78. The molecular weight excluding hydrogens is 442 g/mol. The van der Waals surface area contributed by atoms with Crippen molar-refractivity contribution in [2.24, 2.45) is 0 Å². The van der Waals surface area contributed by atoms with Gasteiger partial charge in [-0.15, -0.1) is 0 Å². The van der Waals surface area contributed by atoms with Gasteiger partial charge in [-0.3, -0.25) is 4.79 Å². The zero-order valence-corrected chi connectivity index (χ0v) is 16.3. The van der Waals surface area contributed by atoms with E-state index in [2.05, 4.69) is 0 Å². The summed E-state index contributed by atoms with van der Waals surface area (Å²) in [5, 5.41) is -0.455. The number of carbonyl (C=O) groups excluding carboxylic acids is 1. The molecule has 0 fully saturated rings. The van der Waals surface area contributed by atoms with Crippen LogP contribution in [0.3, 0.4) is 0 Å². The quantitative estimate of drug-likeness (QED) is 0.510. The summed E-state index contributed by atoms with van der Waals surface area (Å²) in [5.41, 5.74) is -1.02. The van der Waals surface area contributed by atoms with E-state index in [1.165, 1.54) is 13.2 Å². The molecule has 12 heteroatoms. The lowest BCUT2D eigenvalue weighted by atomic mass is 10.2. The molecular formula is C17H14ClF4NO5S. The topological polar surface area (TPSA) is 81.7 Å². The zero-order valence-electron chi connectivity index (χ0n) is 14.7. The largest absolute Gasteiger partial charge is 0.496 e. The van der Waals surface area contributed by atoms with E-state index >= 15 is 0 Å². The van der Waals surface area contributed by atoms with E-state index in [-0.39, 0.29) is 11.3 Å². The summed E-state index contributed by atoms with van der Waals surface area (Å²) >= 11 is 5.68. The molecule has 0 amide bonds. The van der Waals surface area contributed by atoms with Gasteiger partial charge in [-0.05, 0) is 36.4 Å². The molecule has 0 atom stereocenters. The number of nitrogens with one attached hydrogen (secondary N) is 1. The second-order valence-corrected chi connectivity index (χ2v) is 7.73. The maximum Gasteiger partial charge on any atom is 0.416 e. The third-order valence-electron chi connectivity index (χ3n) is 3.59. The van der Waals surface area contributed by atoms with Crippen LogP contribution in [0.4, 0.5) is 17.6 Å². The van der Waals surface area contributed by atoms with E-state index in [1.54, 1.807) is 0 Å². The van der Waals surface area contributed by atoms with Gasteiger partial charge in [-0.25, -0.2) is 12.8 Å². The molecule has 1 N–H and O–H groups in total. The molecule has 0 radical (unpaired) electrons. The molecule has 6 nitrogen and oxygen atoms in total. The second-order valence-electron chi connectivity index (χ2n) is 5.58. The molecule has 2 aromatic carbocycles. The van der Waals surface area contributed by atoms with Crippen LogP contribution in [0.1, 0.15) is 11.1 Å². The first-order chi connectivity index (χ1) is 13.4. The molecule has 0 aliphatic heterocycles. The van der Waals surface area contributed by atoms with Crippen LogP contribution < -0.4 is 9.46 Å². The highest BCUT2D eigenvalue weighted by atomic mass is 35.5. The van der Waals surface area contributed by atoms with Crippen LogP contribution in [0.5, 0.6) is 5.75 Å². The third kappa shape index (κ3) is 6.05. The van der Waals surface area contributed by atoms with Gasteiger partial charge in [0.1, 0.15) is 29.6 Å². The lowest BCUT2D eigenvalue weighted by Crippen LogP contribution is -2.31. The number of rotatable bonds is 7. The van der Waals surface area contributed by atoms with Gasteiger partial charge in [0.25, 0.3) is 0 Å². The van der Waals surface area contributed by atoms with Gasteiger partial charge in [-0.2, -0.15) is 17.9 Å². The first-order valence-electron chi connectivity index (χ1n) is 7.78. The fourth-order valence-corrected chi connectivity index (χ4v) is 3.68. The van der Waals surface area contributed by atoms with E-state index in [9.17, 15) is 30.8 Å². The van der Waals surface area contributed by atoms with Crippen LogP contribution in [0.25, 0.3) is 0 Å². The van der Waals surface area contributed by atoms with Gasteiger partial charge >= 0.3 is 12.1 Å². The van der Waals surface area contributed by atoms with Crippen molar-refractivity contribution in [1.29, 1.82) is 0 Å². The second kappa shape index (κ2) is 8.97. The fraction of sp³-hybridized carbons (Fsp3) is 0.235. The van der Waals surface area contributed by atoms with Gasteiger partial charge < -0.3 is 9.47 Å².